The summed E-state index contributed by atoms with van der Waals surface area (Å²) in [5.41, 5.74) is 10.7. The standard InChI is InChI=1S/C15H19N3OS/c1-8-6-5-7-12(15(16)20)14(8)17-9(2)13-10(3)18-19-11(13)4/h5-7,9,17H,1-4H3,(H2,16,20). The molecule has 0 saturated carbocycles. The average Bonchev–Trinajstić information content (AvgIpc) is 2.71. The van der Waals surface area contributed by atoms with Gasteiger partial charge < -0.3 is 15.6 Å². The number of thiocarbonyl (C=S) groups is 1. The largest absolute Gasteiger partial charge is 0.389 e. The number of anilines is 1. The molecular weight excluding hydrogens is 270 g/mol. The minimum atomic E-state index is 0.0652. The lowest BCUT2D eigenvalue weighted by atomic mass is 10.0. The van der Waals surface area contributed by atoms with Crippen molar-refractivity contribution in [2.24, 2.45) is 5.73 Å². The minimum absolute atomic E-state index is 0.0652. The minimum Gasteiger partial charge on any atom is -0.389 e. The maximum absolute atomic E-state index is 5.80. The number of nitrogens with two attached hydrogens (primary N) is 1. The van der Waals surface area contributed by atoms with Gasteiger partial charge in [-0.15, -0.1) is 0 Å². The lowest BCUT2D eigenvalue weighted by Crippen LogP contribution is -2.16. The number of hydrogen-bond donors (Lipinski definition) is 2. The van der Waals surface area contributed by atoms with Crippen LogP contribution in [0.2, 0.25) is 0 Å². The molecule has 0 saturated heterocycles. The zero-order valence-corrected chi connectivity index (χ0v) is 13.0. The van der Waals surface area contributed by atoms with Crippen LogP contribution in [0, 0.1) is 20.8 Å². The van der Waals surface area contributed by atoms with Crippen molar-refractivity contribution < 1.29 is 4.52 Å². The second kappa shape index (κ2) is 5.63. The Labute approximate surface area is 124 Å². The molecule has 4 nitrogen and oxygen atoms in total. The Kier molecular flexibility index (Phi) is 4.09. The van der Waals surface area contributed by atoms with Crippen LogP contribution in [0.1, 0.15) is 41.1 Å². The molecule has 0 bridgehead atoms. The molecule has 0 aliphatic carbocycles. The molecule has 1 aromatic heterocycles. The number of nitrogens with zero attached hydrogens (tertiary/aromatic N) is 1. The van der Waals surface area contributed by atoms with Crippen molar-refractivity contribution in [3.8, 4) is 0 Å². The van der Waals surface area contributed by atoms with Crippen LogP contribution in [0.4, 0.5) is 5.69 Å². The molecule has 5 heteroatoms. The van der Waals surface area contributed by atoms with Gasteiger partial charge >= 0.3 is 0 Å². The predicted octanol–water partition coefficient (Wildman–Crippen LogP) is 3.41. The summed E-state index contributed by atoms with van der Waals surface area (Å²) in [4.78, 5) is 0.391. The highest BCUT2D eigenvalue weighted by Crippen LogP contribution is 2.28. The fraction of sp³-hybridized carbons (Fsp3) is 0.333. The monoisotopic (exact) mass is 289 g/mol. The normalized spacial score (nSPS) is 12.2. The van der Waals surface area contributed by atoms with Crippen molar-refractivity contribution in [2.45, 2.75) is 33.7 Å². The van der Waals surface area contributed by atoms with E-state index in [0.29, 0.717) is 4.99 Å². The van der Waals surface area contributed by atoms with Gasteiger partial charge in [-0.25, -0.2) is 0 Å². The van der Waals surface area contributed by atoms with Crippen LogP contribution in [-0.2, 0) is 0 Å². The van der Waals surface area contributed by atoms with E-state index >= 15 is 0 Å². The zero-order valence-electron chi connectivity index (χ0n) is 12.2. The molecular formula is C15H19N3OS. The van der Waals surface area contributed by atoms with Crippen LogP contribution in [0.3, 0.4) is 0 Å². The van der Waals surface area contributed by atoms with Gasteiger partial charge in [0.1, 0.15) is 10.7 Å². The number of nitrogens with one attached hydrogen (secondary N) is 1. The number of hydrogen-bond acceptors (Lipinski definition) is 4. The summed E-state index contributed by atoms with van der Waals surface area (Å²) in [6, 6.07) is 5.98. The van der Waals surface area contributed by atoms with Gasteiger partial charge in [-0.2, -0.15) is 0 Å². The summed E-state index contributed by atoms with van der Waals surface area (Å²) in [5, 5.41) is 7.47. The van der Waals surface area contributed by atoms with Gasteiger partial charge in [0.05, 0.1) is 11.7 Å². The van der Waals surface area contributed by atoms with Crippen LogP contribution in [0.15, 0.2) is 22.7 Å². The van der Waals surface area contributed by atoms with Gasteiger partial charge in [-0.1, -0.05) is 29.5 Å². The number of benzene rings is 1. The Morgan fingerprint density at radius 1 is 1.35 bits per heavy atom. The van der Waals surface area contributed by atoms with Gasteiger partial charge in [-0.05, 0) is 39.3 Å². The Morgan fingerprint density at radius 3 is 2.60 bits per heavy atom. The maximum Gasteiger partial charge on any atom is 0.139 e. The fourth-order valence-corrected chi connectivity index (χ4v) is 2.63. The predicted molar refractivity (Wildman–Crippen MR) is 85.1 cm³/mol. The summed E-state index contributed by atoms with van der Waals surface area (Å²) in [6.45, 7) is 7.96. The molecule has 106 valence electrons. The van der Waals surface area contributed by atoms with Crippen LogP contribution >= 0.6 is 12.2 Å². The van der Waals surface area contributed by atoms with E-state index in [1.54, 1.807) is 0 Å². The molecule has 3 N–H and O–H groups in total. The lowest BCUT2D eigenvalue weighted by molar-refractivity contribution is 0.392. The molecule has 1 aromatic carbocycles. The zero-order chi connectivity index (χ0) is 14.9. The Hall–Kier alpha value is -1.88. The number of aromatic nitrogens is 1. The SMILES string of the molecule is Cc1cccc(C(N)=S)c1NC(C)c1c(C)noc1C. The van der Waals surface area contributed by atoms with Crippen molar-refractivity contribution in [1.29, 1.82) is 0 Å². The highest BCUT2D eigenvalue weighted by molar-refractivity contribution is 7.80. The molecule has 1 unspecified atom stereocenters. The molecule has 2 rings (SSSR count). The van der Waals surface area contributed by atoms with Crippen LogP contribution in [0.25, 0.3) is 0 Å². The van der Waals surface area contributed by atoms with E-state index in [9.17, 15) is 0 Å². The third-order valence-electron chi connectivity index (χ3n) is 3.42. The number of rotatable bonds is 4. The van der Waals surface area contributed by atoms with Crippen molar-refractivity contribution >= 4 is 22.9 Å². The van der Waals surface area contributed by atoms with E-state index in [2.05, 4.69) is 17.4 Å². The maximum atomic E-state index is 5.80. The third kappa shape index (κ3) is 2.67. The summed E-state index contributed by atoms with van der Waals surface area (Å²) >= 11 is 5.12. The van der Waals surface area contributed by atoms with Gasteiger partial charge in [0, 0.05) is 16.8 Å². The molecule has 20 heavy (non-hydrogen) atoms. The summed E-state index contributed by atoms with van der Waals surface area (Å²) in [6.07, 6.45) is 0. The molecule has 1 atom stereocenters. The Morgan fingerprint density at radius 2 is 2.05 bits per heavy atom. The molecule has 0 fully saturated rings. The van der Waals surface area contributed by atoms with Crippen LogP contribution in [-0.4, -0.2) is 10.1 Å². The first-order valence-corrected chi connectivity index (χ1v) is 6.91. The van der Waals surface area contributed by atoms with E-state index < -0.39 is 0 Å². The van der Waals surface area contributed by atoms with Gasteiger partial charge in [-0.3, -0.25) is 0 Å². The topological polar surface area (TPSA) is 64.1 Å². The summed E-state index contributed by atoms with van der Waals surface area (Å²) in [7, 11) is 0. The number of para-hydroxylation sites is 1. The quantitative estimate of drug-likeness (QED) is 0.844. The Bertz CT molecular complexity index is 629. The second-order valence-corrected chi connectivity index (χ2v) is 5.41. The van der Waals surface area contributed by atoms with E-state index in [-0.39, 0.29) is 6.04 Å². The smallest absolute Gasteiger partial charge is 0.139 e. The highest BCUT2D eigenvalue weighted by Gasteiger charge is 2.18. The van der Waals surface area contributed by atoms with E-state index in [0.717, 1.165) is 33.8 Å². The van der Waals surface area contributed by atoms with Crippen molar-refractivity contribution in [3.63, 3.8) is 0 Å². The van der Waals surface area contributed by atoms with Crippen molar-refractivity contribution in [2.75, 3.05) is 5.32 Å². The molecule has 0 spiro atoms. The van der Waals surface area contributed by atoms with Crippen LogP contribution in [0.5, 0.6) is 0 Å². The molecule has 2 aromatic rings. The first-order valence-electron chi connectivity index (χ1n) is 6.50. The molecule has 0 radical (unpaired) electrons. The van der Waals surface area contributed by atoms with E-state index in [1.807, 2.05) is 39.0 Å². The number of aryl methyl sites for hydroxylation is 3. The van der Waals surface area contributed by atoms with Crippen LogP contribution < -0.4 is 11.1 Å². The van der Waals surface area contributed by atoms with Crippen molar-refractivity contribution in [3.05, 3.63) is 46.3 Å². The van der Waals surface area contributed by atoms with E-state index in [1.165, 1.54) is 0 Å². The summed E-state index contributed by atoms with van der Waals surface area (Å²) in [5.74, 6) is 0.827. The lowest BCUT2D eigenvalue weighted by Gasteiger charge is -2.19. The molecule has 0 amide bonds. The van der Waals surface area contributed by atoms with E-state index in [4.69, 9.17) is 22.5 Å². The summed E-state index contributed by atoms with van der Waals surface area (Å²) < 4.78 is 5.22. The fourth-order valence-electron chi connectivity index (χ4n) is 2.46. The molecule has 0 aliphatic heterocycles. The van der Waals surface area contributed by atoms with Gasteiger partial charge in [0.25, 0.3) is 0 Å². The van der Waals surface area contributed by atoms with Gasteiger partial charge in [0.2, 0.25) is 0 Å². The first kappa shape index (κ1) is 14.5. The third-order valence-corrected chi connectivity index (χ3v) is 3.64. The molecule has 0 aliphatic rings. The average molecular weight is 289 g/mol. The first-order chi connectivity index (χ1) is 9.41. The van der Waals surface area contributed by atoms with Gasteiger partial charge in [0.15, 0.2) is 0 Å². The second-order valence-electron chi connectivity index (χ2n) is 4.97. The van der Waals surface area contributed by atoms with Crippen molar-refractivity contribution in [1.82, 2.24) is 5.16 Å². The highest BCUT2D eigenvalue weighted by atomic mass is 32.1. The molecule has 1 heterocycles. The Balaban J connectivity index is 2.38.